The molecule has 2 heterocycles. The van der Waals surface area contributed by atoms with Crippen molar-refractivity contribution in [2.75, 3.05) is 24.3 Å². The molecule has 34 heavy (non-hydrogen) atoms. The highest BCUT2D eigenvalue weighted by Crippen LogP contribution is 2.55. The van der Waals surface area contributed by atoms with Crippen molar-refractivity contribution in [3.05, 3.63) is 94.8 Å². The molecule has 2 aliphatic rings. The van der Waals surface area contributed by atoms with E-state index in [1.54, 1.807) is 18.2 Å². The summed E-state index contributed by atoms with van der Waals surface area (Å²) in [6.45, 7) is -0.0667. The lowest BCUT2D eigenvalue weighted by atomic mass is 10.0. The van der Waals surface area contributed by atoms with Crippen LogP contribution in [0.15, 0.2) is 60.7 Å². The van der Waals surface area contributed by atoms with Gasteiger partial charge in [0.1, 0.15) is 23.2 Å². The van der Waals surface area contributed by atoms with E-state index in [-0.39, 0.29) is 24.2 Å². The Balaban J connectivity index is 1.63. The standard InChI is InChI=1S/C25H19F3N2O3S/c1-33-17-9-10-22-19(13-17)25(24(32)29(22)14-18-20(27)3-2-4-21(18)28)30(11-12-34-25)23(31)15-5-7-16(26)8-6-15/h2-10,13H,11-12,14H2,1H3. The number of halogens is 3. The van der Waals surface area contributed by atoms with Gasteiger partial charge in [-0.1, -0.05) is 6.07 Å². The smallest absolute Gasteiger partial charge is 0.268 e. The molecule has 174 valence electrons. The van der Waals surface area contributed by atoms with Crippen molar-refractivity contribution in [1.82, 2.24) is 4.90 Å². The van der Waals surface area contributed by atoms with E-state index in [0.29, 0.717) is 22.8 Å². The summed E-state index contributed by atoms with van der Waals surface area (Å²) >= 11 is 1.28. The summed E-state index contributed by atoms with van der Waals surface area (Å²) in [4.78, 5) is 28.8. The third-order valence-corrected chi connectivity index (χ3v) is 7.53. The van der Waals surface area contributed by atoms with E-state index < -0.39 is 34.1 Å². The molecule has 0 radical (unpaired) electrons. The lowest BCUT2D eigenvalue weighted by molar-refractivity contribution is -0.123. The number of thioether (sulfide) groups is 1. The minimum Gasteiger partial charge on any atom is -0.497 e. The van der Waals surface area contributed by atoms with E-state index in [1.165, 1.54) is 59.0 Å². The molecular formula is C25H19F3N2O3S. The maximum absolute atomic E-state index is 14.5. The molecule has 5 nitrogen and oxygen atoms in total. The van der Waals surface area contributed by atoms with E-state index >= 15 is 0 Å². The van der Waals surface area contributed by atoms with Gasteiger partial charge in [0.2, 0.25) is 0 Å². The van der Waals surface area contributed by atoms with Crippen molar-refractivity contribution in [2.45, 2.75) is 11.4 Å². The van der Waals surface area contributed by atoms with Crippen molar-refractivity contribution >= 4 is 29.3 Å². The maximum atomic E-state index is 14.5. The Morgan fingerprint density at radius 1 is 1.06 bits per heavy atom. The molecular weight excluding hydrogens is 465 g/mol. The number of carbonyl (C=O) groups excluding carboxylic acids is 2. The summed E-state index contributed by atoms with van der Waals surface area (Å²) in [7, 11) is 1.49. The van der Waals surface area contributed by atoms with Crippen LogP contribution in [-0.4, -0.2) is 36.1 Å². The van der Waals surface area contributed by atoms with Crippen molar-refractivity contribution in [2.24, 2.45) is 0 Å². The summed E-state index contributed by atoms with van der Waals surface area (Å²) in [6.07, 6.45) is 0. The number of amides is 2. The van der Waals surface area contributed by atoms with Gasteiger partial charge >= 0.3 is 0 Å². The molecule has 0 aromatic heterocycles. The number of rotatable bonds is 4. The third-order valence-electron chi connectivity index (χ3n) is 6.11. The predicted molar refractivity (Wildman–Crippen MR) is 122 cm³/mol. The van der Waals surface area contributed by atoms with Gasteiger partial charge in [-0.2, -0.15) is 0 Å². The Labute approximate surface area is 198 Å². The molecule has 3 aromatic rings. The molecule has 3 aromatic carbocycles. The average molecular weight is 484 g/mol. The Bertz CT molecular complexity index is 1280. The number of carbonyl (C=O) groups is 2. The second-order valence-electron chi connectivity index (χ2n) is 7.93. The highest BCUT2D eigenvalue weighted by molar-refractivity contribution is 8.01. The van der Waals surface area contributed by atoms with Crippen molar-refractivity contribution in [3.8, 4) is 5.75 Å². The number of methoxy groups -OCH3 is 1. The zero-order valence-corrected chi connectivity index (χ0v) is 18.9. The molecule has 1 unspecified atom stereocenters. The molecule has 0 bridgehead atoms. The van der Waals surface area contributed by atoms with Crippen LogP contribution in [0.25, 0.3) is 0 Å². The number of nitrogens with zero attached hydrogens (tertiary/aromatic N) is 2. The SMILES string of the molecule is COc1ccc2c(c1)C1(SCCN1C(=O)c1ccc(F)cc1)C(=O)N2Cc1c(F)cccc1F. The first-order valence-corrected chi connectivity index (χ1v) is 11.5. The lowest BCUT2D eigenvalue weighted by Gasteiger charge is -2.33. The van der Waals surface area contributed by atoms with Crippen LogP contribution < -0.4 is 9.64 Å². The molecule has 5 rings (SSSR count). The molecule has 0 N–H and O–H groups in total. The topological polar surface area (TPSA) is 49.9 Å². The first-order chi connectivity index (χ1) is 16.4. The van der Waals surface area contributed by atoms with E-state index in [9.17, 15) is 22.8 Å². The molecule has 2 amide bonds. The Morgan fingerprint density at radius 3 is 2.44 bits per heavy atom. The highest BCUT2D eigenvalue weighted by atomic mass is 32.2. The van der Waals surface area contributed by atoms with Crippen LogP contribution in [0.5, 0.6) is 5.75 Å². The number of hydrogen-bond acceptors (Lipinski definition) is 4. The van der Waals surface area contributed by atoms with Crippen LogP contribution in [0.2, 0.25) is 0 Å². The van der Waals surface area contributed by atoms with Gasteiger partial charge in [-0.25, -0.2) is 13.2 Å². The minimum atomic E-state index is -1.43. The molecule has 1 atom stereocenters. The summed E-state index contributed by atoms with van der Waals surface area (Å²) in [5.74, 6) is -1.97. The van der Waals surface area contributed by atoms with E-state index in [1.807, 2.05) is 0 Å². The van der Waals surface area contributed by atoms with Gasteiger partial charge in [0.25, 0.3) is 11.8 Å². The molecule has 1 saturated heterocycles. The van der Waals surface area contributed by atoms with Crippen LogP contribution in [-0.2, 0) is 16.2 Å². The van der Waals surface area contributed by atoms with Crippen LogP contribution >= 0.6 is 11.8 Å². The van der Waals surface area contributed by atoms with Crippen molar-refractivity contribution < 1.29 is 27.5 Å². The van der Waals surface area contributed by atoms with Crippen LogP contribution in [0.1, 0.15) is 21.5 Å². The van der Waals surface area contributed by atoms with Gasteiger partial charge in [-0.05, 0) is 54.6 Å². The van der Waals surface area contributed by atoms with Gasteiger partial charge < -0.3 is 14.5 Å². The number of ether oxygens (including phenoxy) is 1. The summed E-state index contributed by atoms with van der Waals surface area (Å²) in [6, 6.07) is 13.6. The first kappa shape index (κ1) is 22.3. The maximum Gasteiger partial charge on any atom is 0.268 e. The molecule has 0 aliphatic carbocycles. The van der Waals surface area contributed by atoms with Crippen molar-refractivity contribution in [1.29, 1.82) is 0 Å². The highest BCUT2D eigenvalue weighted by Gasteiger charge is 2.59. The van der Waals surface area contributed by atoms with Crippen LogP contribution in [0.3, 0.4) is 0 Å². The Kier molecular flexibility index (Phi) is 5.51. The predicted octanol–water partition coefficient (Wildman–Crippen LogP) is 4.70. The van der Waals surface area contributed by atoms with Crippen LogP contribution in [0, 0.1) is 17.5 Å². The normalized spacial score (nSPS) is 19.1. The lowest BCUT2D eigenvalue weighted by Crippen LogP contribution is -2.50. The van der Waals surface area contributed by atoms with E-state index in [2.05, 4.69) is 0 Å². The number of fused-ring (bicyclic) bond motifs is 2. The largest absolute Gasteiger partial charge is 0.497 e. The third kappa shape index (κ3) is 3.34. The monoisotopic (exact) mass is 484 g/mol. The fourth-order valence-electron chi connectivity index (χ4n) is 4.47. The zero-order valence-electron chi connectivity index (χ0n) is 18.1. The summed E-state index contributed by atoms with van der Waals surface area (Å²) in [5.41, 5.74) is 0.944. The quantitative estimate of drug-likeness (QED) is 0.539. The van der Waals surface area contributed by atoms with Crippen LogP contribution in [0.4, 0.5) is 18.9 Å². The van der Waals surface area contributed by atoms with Gasteiger partial charge in [0.05, 0.1) is 19.3 Å². The fourth-order valence-corrected chi connectivity index (χ4v) is 5.92. The first-order valence-electron chi connectivity index (χ1n) is 10.5. The fraction of sp³-hybridized carbons (Fsp3) is 0.200. The second-order valence-corrected chi connectivity index (χ2v) is 9.22. The van der Waals surface area contributed by atoms with Gasteiger partial charge in [-0.15, -0.1) is 11.8 Å². The molecule has 9 heteroatoms. The van der Waals surface area contributed by atoms with Crippen molar-refractivity contribution in [3.63, 3.8) is 0 Å². The molecule has 0 saturated carbocycles. The van der Waals surface area contributed by atoms with E-state index in [0.717, 1.165) is 12.1 Å². The summed E-state index contributed by atoms with van der Waals surface area (Å²) < 4.78 is 47.7. The number of anilines is 1. The average Bonchev–Trinajstić information content (AvgIpc) is 3.38. The molecule has 1 fully saturated rings. The summed E-state index contributed by atoms with van der Waals surface area (Å²) in [5, 5.41) is 0. The Hall–Kier alpha value is -3.46. The van der Waals surface area contributed by atoms with E-state index in [4.69, 9.17) is 4.74 Å². The van der Waals surface area contributed by atoms with Gasteiger partial charge in [-0.3, -0.25) is 9.59 Å². The zero-order chi connectivity index (χ0) is 24.0. The van der Waals surface area contributed by atoms with Gasteiger partial charge in [0, 0.05) is 29.0 Å². The molecule has 2 aliphatic heterocycles. The molecule has 1 spiro atoms. The minimum absolute atomic E-state index is 0.235. The number of hydrogen-bond donors (Lipinski definition) is 0. The number of benzene rings is 3. The van der Waals surface area contributed by atoms with Gasteiger partial charge in [0.15, 0.2) is 4.87 Å². The Morgan fingerprint density at radius 2 is 1.76 bits per heavy atom. The second kappa shape index (κ2) is 8.39.